The minimum atomic E-state index is 0.179. The molecule has 1 aromatic heterocycles. The van der Waals surface area contributed by atoms with Gasteiger partial charge in [-0.25, -0.2) is 0 Å². The van der Waals surface area contributed by atoms with Gasteiger partial charge in [-0.1, -0.05) is 0 Å². The summed E-state index contributed by atoms with van der Waals surface area (Å²) in [6, 6.07) is 8.38. The zero-order valence-corrected chi connectivity index (χ0v) is 8.62. The molecule has 0 aliphatic heterocycles. The highest BCUT2D eigenvalue weighted by atomic mass is 16.3. The lowest BCUT2D eigenvalue weighted by molar-refractivity contribution is 0.475. The normalized spacial score (nSPS) is 10.9. The molecule has 0 spiro atoms. The van der Waals surface area contributed by atoms with Crippen LogP contribution in [0.5, 0.6) is 5.75 Å². The highest BCUT2D eigenvalue weighted by molar-refractivity contribution is 5.74. The molecule has 17 heavy (non-hydrogen) atoms. The summed E-state index contributed by atoms with van der Waals surface area (Å²) in [5.41, 5.74) is 0.992. The Morgan fingerprint density at radius 3 is 2.76 bits per heavy atom. The van der Waals surface area contributed by atoms with Crippen molar-refractivity contribution in [1.82, 2.24) is 20.6 Å². The monoisotopic (exact) mass is 228 g/mol. The molecule has 7 heteroatoms. The number of benzene rings is 1. The summed E-state index contributed by atoms with van der Waals surface area (Å²) < 4.78 is 0. The van der Waals surface area contributed by atoms with Gasteiger partial charge >= 0.3 is 0 Å². The van der Waals surface area contributed by atoms with Gasteiger partial charge in [-0.3, -0.25) is 0 Å². The van der Waals surface area contributed by atoms with E-state index in [1.807, 2.05) is 6.07 Å². The molecular weight excluding hydrogens is 220 g/mol. The average molecular weight is 228 g/mol. The van der Waals surface area contributed by atoms with E-state index in [9.17, 15) is 0 Å². The quantitative estimate of drug-likeness (QED) is 0.531. The first-order valence-electron chi connectivity index (χ1n) is 4.69. The Bertz CT molecular complexity index is 551. The summed E-state index contributed by atoms with van der Waals surface area (Å²) >= 11 is 0. The van der Waals surface area contributed by atoms with Crippen molar-refractivity contribution in [2.75, 3.05) is 5.32 Å². The van der Waals surface area contributed by atoms with E-state index in [0.717, 1.165) is 5.69 Å². The van der Waals surface area contributed by atoms with Crippen LogP contribution in [0.25, 0.3) is 5.57 Å². The van der Waals surface area contributed by atoms with Gasteiger partial charge in [0.25, 0.3) is 0 Å². The molecule has 2 aromatic rings. The summed E-state index contributed by atoms with van der Waals surface area (Å²) in [5.74, 6) is 0.400. The predicted molar refractivity (Wildman–Crippen MR) is 59.5 cm³/mol. The molecule has 0 saturated carbocycles. The third kappa shape index (κ3) is 2.57. The molecule has 3 N–H and O–H groups in total. The van der Waals surface area contributed by atoms with Crippen LogP contribution in [0.4, 0.5) is 5.69 Å². The van der Waals surface area contributed by atoms with Crippen LogP contribution in [-0.4, -0.2) is 25.7 Å². The highest BCUT2D eigenvalue weighted by Gasteiger charge is 2.04. The van der Waals surface area contributed by atoms with Crippen molar-refractivity contribution < 1.29 is 5.11 Å². The molecule has 0 fully saturated rings. The number of allylic oxidation sites excluding steroid dienone is 1. The fourth-order valence-electron chi connectivity index (χ4n) is 1.14. The number of aromatic hydroxyl groups is 1. The van der Waals surface area contributed by atoms with Crippen molar-refractivity contribution in [1.29, 1.82) is 5.26 Å². The maximum atomic E-state index is 9.10. The second-order valence-electron chi connectivity index (χ2n) is 3.10. The molecular formula is C10H8N6O. The van der Waals surface area contributed by atoms with Gasteiger partial charge in [0.05, 0.1) is 0 Å². The van der Waals surface area contributed by atoms with E-state index in [-0.39, 0.29) is 17.1 Å². The van der Waals surface area contributed by atoms with Crippen LogP contribution in [0.15, 0.2) is 30.5 Å². The molecule has 1 aromatic carbocycles. The molecule has 7 nitrogen and oxygen atoms in total. The van der Waals surface area contributed by atoms with Crippen molar-refractivity contribution in [2.24, 2.45) is 0 Å². The number of nitriles is 1. The topological polar surface area (TPSA) is 111 Å². The molecule has 0 amide bonds. The first kappa shape index (κ1) is 10.6. The Hall–Kier alpha value is -2.88. The first-order chi connectivity index (χ1) is 8.29. The summed E-state index contributed by atoms with van der Waals surface area (Å²) in [6.07, 6.45) is 1.47. The van der Waals surface area contributed by atoms with Gasteiger partial charge in [0.2, 0.25) is 5.82 Å². The fourth-order valence-corrected chi connectivity index (χ4v) is 1.14. The van der Waals surface area contributed by atoms with Crippen LogP contribution < -0.4 is 5.32 Å². The molecule has 0 unspecified atom stereocenters. The number of phenolic OH excluding ortho intramolecular Hbond substituents is 1. The average Bonchev–Trinajstić information content (AvgIpc) is 2.86. The van der Waals surface area contributed by atoms with Crippen molar-refractivity contribution in [3.63, 3.8) is 0 Å². The molecule has 0 bridgehead atoms. The third-order valence-corrected chi connectivity index (χ3v) is 1.96. The minimum Gasteiger partial charge on any atom is -0.508 e. The lowest BCUT2D eigenvalue weighted by Gasteiger charge is -2.00. The molecule has 0 saturated heterocycles. The van der Waals surface area contributed by atoms with E-state index >= 15 is 0 Å². The van der Waals surface area contributed by atoms with E-state index < -0.39 is 0 Å². The Kier molecular flexibility index (Phi) is 2.98. The second-order valence-corrected chi connectivity index (χ2v) is 3.10. The van der Waals surface area contributed by atoms with Crippen molar-refractivity contribution in [3.05, 3.63) is 36.3 Å². The largest absolute Gasteiger partial charge is 0.508 e. The maximum Gasteiger partial charge on any atom is 0.216 e. The SMILES string of the molecule is N#CC(=CNc1ccc(O)cc1)c1nn[nH]n1. The number of phenols is 1. The number of nitrogens with one attached hydrogen (secondary N) is 2. The van der Waals surface area contributed by atoms with Gasteiger partial charge < -0.3 is 10.4 Å². The molecule has 0 atom stereocenters. The number of aromatic nitrogens is 4. The molecule has 0 radical (unpaired) electrons. The van der Waals surface area contributed by atoms with Crippen molar-refractivity contribution >= 4 is 11.3 Å². The number of hydrogen-bond acceptors (Lipinski definition) is 6. The number of tetrazole rings is 1. The maximum absolute atomic E-state index is 9.10. The number of H-pyrrole nitrogens is 1. The lowest BCUT2D eigenvalue weighted by Crippen LogP contribution is -1.92. The summed E-state index contributed by atoms with van der Waals surface area (Å²) in [6.45, 7) is 0. The van der Waals surface area contributed by atoms with Gasteiger partial charge in [-0.05, 0) is 29.5 Å². The molecule has 1 heterocycles. The number of hydrogen-bond donors (Lipinski definition) is 3. The van der Waals surface area contributed by atoms with Crippen LogP contribution in [-0.2, 0) is 0 Å². The van der Waals surface area contributed by atoms with Crippen LogP contribution >= 0.6 is 0 Å². The Balaban J connectivity index is 2.14. The van der Waals surface area contributed by atoms with Crippen molar-refractivity contribution in [2.45, 2.75) is 0 Å². The summed E-state index contributed by atoms with van der Waals surface area (Å²) in [4.78, 5) is 0. The Labute approximate surface area is 96.4 Å². The summed E-state index contributed by atoms with van der Waals surface area (Å²) in [7, 11) is 0. The third-order valence-electron chi connectivity index (χ3n) is 1.96. The van der Waals surface area contributed by atoms with E-state index in [2.05, 4.69) is 25.9 Å². The van der Waals surface area contributed by atoms with E-state index in [0.29, 0.717) is 0 Å². The van der Waals surface area contributed by atoms with Gasteiger partial charge in [0.15, 0.2) is 0 Å². The zero-order valence-electron chi connectivity index (χ0n) is 8.62. The van der Waals surface area contributed by atoms with Gasteiger partial charge in [-0.2, -0.15) is 10.5 Å². The molecule has 0 aliphatic rings. The van der Waals surface area contributed by atoms with Crippen molar-refractivity contribution in [3.8, 4) is 11.8 Å². The zero-order chi connectivity index (χ0) is 12.1. The molecule has 0 aliphatic carbocycles. The predicted octanol–water partition coefficient (Wildman–Crippen LogP) is 0.882. The highest BCUT2D eigenvalue weighted by Crippen LogP contribution is 2.14. The van der Waals surface area contributed by atoms with Gasteiger partial charge in [-0.15, -0.1) is 10.2 Å². The second kappa shape index (κ2) is 4.76. The van der Waals surface area contributed by atoms with Crippen LogP contribution in [0.1, 0.15) is 5.82 Å². The first-order valence-corrected chi connectivity index (χ1v) is 4.69. The summed E-state index contributed by atoms with van der Waals surface area (Å²) in [5, 5.41) is 33.9. The van der Waals surface area contributed by atoms with Crippen LogP contribution in [0.2, 0.25) is 0 Å². The minimum absolute atomic E-state index is 0.179. The number of rotatable bonds is 3. The molecule has 2 rings (SSSR count). The number of nitrogens with zero attached hydrogens (tertiary/aromatic N) is 4. The van der Waals surface area contributed by atoms with Gasteiger partial charge in [0.1, 0.15) is 17.4 Å². The fraction of sp³-hybridized carbons (Fsp3) is 0. The van der Waals surface area contributed by atoms with Crippen LogP contribution in [0, 0.1) is 11.3 Å². The smallest absolute Gasteiger partial charge is 0.216 e. The van der Waals surface area contributed by atoms with E-state index in [1.165, 1.54) is 18.3 Å². The standard InChI is InChI=1S/C10H8N6O/c11-5-7(10-13-15-16-14-10)6-12-8-1-3-9(17)4-2-8/h1-4,6,12,17H,(H,13,14,15,16). The van der Waals surface area contributed by atoms with Gasteiger partial charge in [0, 0.05) is 11.9 Å². The molecule has 84 valence electrons. The van der Waals surface area contributed by atoms with Crippen LogP contribution in [0.3, 0.4) is 0 Å². The number of anilines is 1. The lowest BCUT2D eigenvalue weighted by atomic mass is 10.3. The van der Waals surface area contributed by atoms with E-state index in [1.54, 1.807) is 12.1 Å². The Morgan fingerprint density at radius 1 is 1.41 bits per heavy atom. The van der Waals surface area contributed by atoms with E-state index in [4.69, 9.17) is 10.4 Å². The Morgan fingerprint density at radius 2 is 2.18 bits per heavy atom. The number of aromatic amines is 1.